The third-order valence-electron chi connectivity index (χ3n) is 3.75. The molecule has 2 aromatic rings. The van der Waals surface area contributed by atoms with Crippen molar-refractivity contribution in [1.82, 2.24) is 4.72 Å². The Balaban J connectivity index is 1.91. The molecule has 7 heteroatoms. The summed E-state index contributed by atoms with van der Waals surface area (Å²) in [6.07, 6.45) is 1.79. The summed E-state index contributed by atoms with van der Waals surface area (Å²) in [6.45, 7) is 0. The van der Waals surface area contributed by atoms with Crippen molar-refractivity contribution < 1.29 is 17.2 Å². The van der Waals surface area contributed by atoms with Crippen molar-refractivity contribution in [1.29, 1.82) is 0 Å². The summed E-state index contributed by atoms with van der Waals surface area (Å²) in [7, 11) is -4.03. The minimum atomic E-state index is -4.03. The third-order valence-corrected chi connectivity index (χ3v) is 5.42. The van der Waals surface area contributed by atoms with Gasteiger partial charge in [-0.1, -0.05) is 23.7 Å². The Morgan fingerprint density at radius 3 is 2.13 bits per heavy atom. The van der Waals surface area contributed by atoms with Gasteiger partial charge in [-0.05, 0) is 48.6 Å². The molecule has 2 aromatic carbocycles. The lowest BCUT2D eigenvalue weighted by atomic mass is 10.0. The summed E-state index contributed by atoms with van der Waals surface area (Å²) in [4.78, 5) is -0.422. The second kappa shape index (κ2) is 6.19. The first-order valence-corrected chi connectivity index (χ1v) is 8.95. The van der Waals surface area contributed by atoms with E-state index in [1.807, 2.05) is 0 Å². The van der Waals surface area contributed by atoms with Gasteiger partial charge in [-0.25, -0.2) is 21.9 Å². The normalized spacial score (nSPS) is 16.3. The van der Waals surface area contributed by atoms with Gasteiger partial charge in [0.15, 0.2) is 0 Å². The largest absolute Gasteiger partial charge is 0.241 e. The van der Waals surface area contributed by atoms with Gasteiger partial charge in [-0.15, -0.1) is 0 Å². The highest BCUT2D eigenvalue weighted by atomic mass is 35.5. The quantitative estimate of drug-likeness (QED) is 0.877. The highest BCUT2D eigenvalue weighted by Crippen LogP contribution is 2.42. The molecule has 0 amide bonds. The van der Waals surface area contributed by atoms with E-state index in [1.54, 1.807) is 24.3 Å². The van der Waals surface area contributed by atoms with E-state index in [-0.39, 0.29) is 5.92 Å². The molecule has 23 heavy (non-hydrogen) atoms. The van der Waals surface area contributed by atoms with E-state index in [2.05, 4.69) is 4.72 Å². The molecular formula is C16H14ClF2NO2S. The Bertz CT molecular complexity index is 800. The van der Waals surface area contributed by atoms with Crippen LogP contribution in [-0.4, -0.2) is 8.42 Å². The van der Waals surface area contributed by atoms with Crippen molar-refractivity contribution >= 4 is 21.6 Å². The van der Waals surface area contributed by atoms with Gasteiger partial charge in [0.25, 0.3) is 0 Å². The van der Waals surface area contributed by atoms with Crippen LogP contribution in [0.1, 0.15) is 24.4 Å². The van der Waals surface area contributed by atoms with E-state index < -0.39 is 32.6 Å². The molecule has 1 aliphatic rings. The topological polar surface area (TPSA) is 46.2 Å². The second-order valence-electron chi connectivity index (χ2n) is 5.59. The lowest BCUT2D eigenvalue weighted by Crippen LogP contribution is -2.30. The third kappa shape index (κ3) is 3.88. The average molecular weight is 358 g/mol. The van der Waals surface area contributed by atoms with Crippen LogP contribution in [-0.2, 0) is 10.0 Å². The molecule has 1 atom stereocenters. The van der Waals surface area contributed by atoms with Crippen LogP contribution in [0.4, 0.5) is 8.78 Å². The zero-order valence-electron chi connectivity index (χ0n) is 12.0. The van der Waals surface area contributed by atoms with E-state index in [0.29, 0.717) is 11.1 Å². The number of halogens is 3. The minimum Gasteiger partial charge on any atom is -0.207 e. The molecule has 1 N–H and O–H groups in total. The summed E-state index contributed by atoms with van der Waals surface area (Å²) >= 11 is 5.85. The van der Waals surface area contributed by atoms with E-state index in [0.717, 1.165) is 30.5 Å². The number of hydrogen-bond acceptors (Lipinski definition) is 2. The molecule has 0 saturated heterocycles. The lowest BCUT2D eigenvalue weighted by molar-refractivity contribution is 0.524. The van der Waals surface area contributed by atoms with Crippen LogP contribution >= 0.6 is 11.6 Å². The molecule has 0 aromatic heterocycles. The van der Waals surface area contributed by atoms with Crippen LogP contribution in [0.25, 0.3) is 0 Å². The molecule has 122 valence electrons. The zero-order chi connectivity index (χ0) is 16.6. The van der Waals surface area contributed by atoms with Gasteiger partial charge >= 0.3 is 0 Å². The molecule has 0 aliphatic heterocycles. The lowest BCUT2D eigenvalue weighted by Gasteiger charge is -2.19. The Kier molecular flexibility index (Phi) is 4.40. The summed E-state index contributed by atoms with van der Waals surface area (Å²) < 4.78 is 54.0. The fourth-order valence-electron chi connectivity index (χ4n) is 2.45. The van der Waals surface area contributed by atoms with E-state index in [4.69, 9.17) is 11.6 Å². The Labute approximate surface area is 138 Å². The predicted molar refractivity (Wildman–Crippen MR) is 83.6 cm³/mol. The fourth-order valence-corrected chi connectivity index (χ4v) is 3.92. The van der Waals surface area contributed by atoms with Crippen LogP contribution in [0.5, 0.6) is 0 Å². The van der Waals surface area contributed by atoms with Gasteiger partial charge in [-0.3, -0.25) is 0 Å². The van der Waals surface area contributed by atoms with E-state index in [1.165, 1.54) is 0 Å². The van der Waals surface area contributed by atoms with Crippen LogP contribution < -0.4 is 4.72 Å². The van der Waals surface area contributed by atoms with Gasteiger partial charge in [0.05, 0.1) is 4.90 Å². The first-order chi connectivity index (χ1) is 10.8. The van der Waals surface area contributed by atoms with Gasteiger partial charge in [0, 0.05) is 17.1 Å². The van der Waals surface area contributed by atoms with E-state index >= 15 is 0 Å². The van der Waals surface area contributed by atoms with Crippen LogP contribution in [0.3, 0.4) is 0 Å². The van der Waals surface area contributed by atoms with Crippen molar-refractivity contribution in [3.8, 4) is 0 Å². The molecule has 1 unspecified atom stereocenters. The van der Waals surface area contributed by atoms with Crippen molar-refractivity contribution in [2.24, 2.45) is 5.92 Å². The monoisotopic (exact) mass is 357 g/mol. The van der Waals surface area contributed by atoms with E-state index in [9.17, 15) is 17.2 Å². The molecule has 1 saturated carbocycles. The number of benzene rings is 2. The van der Waals surface area contributed by atoms with Gasteiger partial charge < -0.3 is 0 Å². The van der Waals surface area contributed by atoms with Crippen LogP contribution in [0.15, 0.2) is 47.4 Å². The van der Waals surface area contributed by atoms with Crippen LogP contribution in [0, 0.1) is 17.6 Å². The summed E-state index contributed by atoms with van der Waals surface area (Å²) in [5, 5.41) is 0.554. The molecular weight excluding hydrogens is 344 g/mol. The molecule has 0 radical (unpaired) electrons. The molecule has 0 spiro atoms. The highest BCUT2D eigenvalue weighted by Gasteiger charge is 2.35. The second-order valence-corrected chi connectivity index (χ2v) is 7.74. The van der Waals surface area contributed by atoms with Crippen LogP contribution in [0.2, 0.25) is 5.02 Å². The average Bonchev–Trinajstić information content (AvgIpc) is 3.29. The molecule has 0 heterocycles. The van der Waals surface area contributed by atoms with Crippen molar-refractivity contribution in [2.75, 3.05) is 0 Å². The molecule has 1 fully saturated rings. The maximum Gasteiger partial charge on any atom is 0.241 e. The van der Waals surface area contributed by atoms with Crippen molar-refractivity contribution in [2.45, 2.75) is 23.8 Å². The van der Waals surface area contributed by atoms with Crippen molar-refractivity contribution in [3.63, 3.8) is 0 Å². The van der Waals surface area contributed by atoms with Crippen molar-refractivity contribution in [3.05, 3.63) is 64.7 Å². The smallest absolute Gasteiger partial charge is 0.207 e. The summed E-state index contributed by atoms with van der Waals surface area (Å²) in [6, 6.07) is 8.67. The molecule has 3 rings (SSSR count). The predicted octanol–water partition coefficient (Wildman–Crippen LogP) is 4.05. The Hall–Kier alpha value is -1.50. The maximum atomic E-state index is 13.3. The molecule has 0 bridgehead atoms. The van der Waals surface area contributed by atoms with Gasteiger partial charge in [0.2, 0.25) is 10.0 Å². The first-order valence-electron chi connectivity index (χ1n) is 7.09. The minimum absolute atomic E-state index is 0.171. The first kappa shape index (κ1) is 16.4. The highest BCUT2D eigenvalue weighted by molar-refractivity contribution is 7.89. The number of hydrogen-bond donors (Lipinski definition) is 1. The molecule has 1 aliphatic carbocycles. The Morgan fingerprint density at radius 2 is 1.61 bits per heavy atom. The Morgan fingerprint density at radius 1 is 1.04 bits per heavy atom. The van der Waals surface area contributed by atoms with Gasteiger partial charge in [0.1, 0.15) is 11.6 Å². The van der Waals surface area contributed by atoms with Gasteiger partial charge in [-0.2, -0.15) is 0 Å². The fraction of sp³-hybridized carbons (Fsp3) is 0.250. The summed E-state index contributed by atoms with van der Waals surface area (Å²) in [5.74, 6) is -1.69. The maximum absolute atomic E-state index is 13.3. The zero-order valence-corrected chi connectivity index (χ0v) is 13.5. The summed E-state index contributed by atoms with van der Waals surface area (Å²) in [5.41, 5.74) is 0.775. The number of nitrogens with one attached hydrogen (secondary N) is 1. The number of rotatable bonds is 5. The SMILES string of the molecule is O=S(=O)(NC(c1ccc(Cl)cc1)C1CC1)c1cc(F)cc(F)c1. The number of sulfonamides is 1. The molecule has 3 nitrogen and oxygen atoms in total. The standard InChI is InChI=1S/C16H14ClF2NO2S/c17-12-5-3-11(4-6-12)16(10-1-2-10)20-23(21,22)15-8-13(18)7-14(19)9-15/h3-10,16,20H,1-2H2.